The molecule has 0 aliphatic carbocycles. The van der Waals surface area contributed by atoms with Crippen molar-refractivity contribution in [2.24, 2.45) is 5.73 Å². The van der Waals surface area contributed by atoms with Crippen molar-refractivity contribution in [1.82, 2.24) is 4.57 Å². The molecule has 6 heteroatoms. The van der Waals surface area contributed by atoms with E-state index >= 15 is 0 Å². The molecule has 0 radical (unpaired) electrons. The fraction of sp³-hybridized carbons (Fsp3) is 0.192. The summed E-state index contributed by atoms with van der Waals surface area (Å²) in [6.45, 7) is 5.01. The summed E-state index contributed by atoms with van der Waals surface area (Å²) < 4.78 is 8.73. The molecule has 0 unspecified atom stereocenters. The van der Waals surface area contributed by atoms with Crippen molar-refractivity contribution < 1.29 is 9.53 Å². The third kappa shape index (κ3) is 5.72. The van der Waals surface area contributed by atoms with Gasteiger partial charge < -0.3 is 15.0 Å². The van der Waals surface area contributed by atoms with Gasteiger partial charge in [-0.1, -0.05) is 46.6 Å². The van der Waals surface area contributed by atoms with E-state index in [0.717, 1.165) is 28.8 Å². The number of amides is 1. The van der Waals surface area contributed by atoms with E-state index in [0.29, 0.717) is 10.6 Å². The van der Waals surface area contributed by atoms with Gasteiger partial charge in [-0.25, -0.2) is 0 Å². The Balaban J connectivity index is 0.000000207. The zero-order valence-corrected chi connectivity index (χ0v) is 20.7. The Morgan fingerprint density at radius 1 is 1.06 bits per heavy atom. The van der Waals surface area contributed by atoms with Gasteiger partial charge in [0, 0.05) is 38.2 Å². The minimum absolute atomic E-state index is 0.415. The molecular weight excluding hydrogens is 488 g/mol. The Labute approximate surface area is 202 Å². The zero-order chi connectivity index (χ0) is 23.3. The van der Waals surface area contributed by atoms with Crippen LogP contribution >= 0.6 is 27.5 Å². The van der Waals surface area contributed by atoms with E-state index in [9.17, 15) is 4.79 Å². The van der Waals surface area contributed by atoms with Crippen molar-refractivity contribution in [2.75, 3.05) is 7.11 Å². The van der Waals surface area contributed by atoms with Crippen LogP contribution in [0.5, 0.6) is 5.75 Å². The Bertz CT molecular complexity index is 1230. The molecule has 1 heterocycles. The predicted octanol–water partition coefficient (Wildman–Crippen LogP) is 6.77. The van der Waals surface area contributed by atoms with Crippen molar-refractivity contribution in [3.05, 3.63) is 98.6 Å². The molecule has 0 saturated carbocycles. The van der Waals surface area contributed by atoms with Gasteiger partial charge in [0.1, 0.15) is 5.75 Å². The molecule has 0 saturated heterocycles. The highest BCUT2D eigenvalue weighted by molar-refractivity contribution is 9.10. The van der Waals surface area contributed by atoms with Crippen molar-refractivity contribution in [3.8, 4) is 5.75 Å². The first-order chi connectivity index (χ1) is 15.3. The van der Waals surface area contributed by atoms with Crippen LogP contribution in [-0.2, 0) is 13.0 Å². The molecule has 2 N–H and O–H groups in total. The number of aromatic nitrogens is 1. The summed E-state index contributed by atoms with van der Waals surface area (Å²) in [7, 11) is 1.70. The van der Waals surface area contributed by atoms with Crippen molar-refractivity contribution in [1.29, 1.82) is 0 Å². The van der Waals surface area contributed by atoms with Gasteiger partial charge in [-0.2, -0.15) is 0 Å². The Kier molecular flexibility index (Phi) is 7.99. The molecule has 166 valence electrons. The van der Waals surface area contributed by atoms with Crippen LogP contribution in [0.3, 0.4) is 0 Å². The van der Waals surface area contributed by atoms with Gasteiger partial charge in [-0.3, -0.25) is 4.79 Å². The number of aryl methyl sites for hydroxylation is 2. The lowest BCUT2D eigenvalue weighted by molar-refractivity contribution is 0.1000. The van der Waals surface area contributed by atoms with Gasteiger partial charge >= 0.3 is 0 Å². The number of benzene rings is 3. The second-order valence-electron chi connectivity index (χ2n) is 7.45. The third-order valence-corrected chi connectivity index (χ3v) is 6.18. The maximum atomic E-state index is 10.8. The lowest BCUT2D eigenvalue weighted by Crippen LogP contribution is -2.11. The summed E-state index contributed by atoms with van der Waals surface area (Å²) in [5, 5.41) is 1.90. The standard InChI is InChI=1S/C17H16BrNO.C9H10ClNO/c1-12-9-14-10-16(20-2)7-8-17(14)19(12)11-13-3-5-15(18)6-4-13;1-2-6-5-7(9(11)12)3-4-8(6)10/h3-10H,11H2,1-2H3;3-5H,2H2,1H3,(H2,11,12). The number of hydrogen-bond donors (Lipinski definition) is 1. The molecule has 32 heavy (non-hydrogen) atoms. The molecule has 0 atom stereocenters. The van der Waals surface area contributed by atoms with Gasteiger partial charge in [0.2, 0.25) is 5.91 Å². The number of ether oxygens (including phenoxy) is 1. The number of carbonyl (C=O) groups is 1. The normalized spacial score (nSPS) is 10.5. The van der Waals surface area contributed by atoms with Crippen LogP contribution in [-0.4, -0.2) is 17.6 Å². The van der Waals surface area contributed by atoms with Crippen LogP contribution in [0.15, 0.2) is 71.2 Å². The Morgan fingerprint density at radius 2 is 1.78 bits per heavy atom. The number of methoxy groups -OCH3 is 1. The molecule has 0 aliphatic heterocycles. The van der Waals surface area contributed by atoms with Gasteiger partial charge in [-0.15, -0.1) is 0 Å². The number of primary amides is 1. The molecule has 0 fully saturated rings. The summed E-state index contributed by atoms with van der Waals surface area (Å²) in [5.74, 6) is 0.486. The first-order valence-corrected chi connectivity index (χ1v) is 11.5. The van der Waals surface area contributed by atoms with Crippen LogP contribution < -0.4 is 10.5 Å². The fourth-order valence-corrected chi connectivity index (χ4v) is 4.01. The van der Waals surface area contributed by atoms with E-state index < -0.39 is 5.91 Å². The van der Waals surface area contributed by atoms with Crippen molar-refractivity contribution in [2.45, 2.75) is 26.8 Å². The molecular formula is C26H26BrClN2O2. The van der Waals surface area contributed by atoms with Crippen LogP contribution in [0, 0.1) is 6.92 Å². The van der Waals surface area contributed by atoms with E-state index in [1.165, 1.54) is 22.2 Å². The highest BCUT2D eigenvalue weighted by Gasteiger charge is 2.07. The third-order valence-electron chi connectivity index (χ3n) is 5.28. The quantitative estimate of drug-likeness (QED) is 0.320. The van der Waals surface area contributed by atoms with Crippen LogP contribution in [0.4, 0.5) is 0 Å². The second kappa shape index (κ2) is 10.7. The number of fused-ring (bicyclic) bond motifs is 1. The molecule has 1 aromatic heterocycles. The topological polar surface area (TPSA) is 57.3 Å². The Hall–Kier alpha value is -2.76. The SMILES string of the molecule is CCc1cc(C(N)=O)ccc1Cl.COc1ccc2c(c1)cc(C)n2Cc1ccc(Br)cc1. The molecule has 0 bridgehead atoms. The van der Waals surface area contributed by atoms with E-state index in [-0.39, 0.29) is 0 Å². The largest absolute Gasteiger partial charge is 0.497 e. The second-order valence-corrected chi connectivity index (χ2v) is 8.77. The highest BCUT2D eigenvalue weighted by Crippen LogP contribution is 2.25. The number of rotatable bonds is 5. The van der Waals surface area contributed by atoms with E-state index in [1.807, 2.05) is 13.0 Å². The van der Waals surface area contributed by atoms with Crippen LogP contribution in [0.25, 0.3) is 10.9 Å². The zero-order valence-electron chi connectivity index (χ0n) is 18.4. The minimum atomic E-state index is -0.415. The summed E-state index contributed by atoms with van der Waals surface area (Å²) in [4.78, 5) is 10.8. The van der Waals surface area contributed by atoms with Crippen LogP contribution in [0.2, 0.25) is 5.02 Å². The number of hydrogen-bond acceptors (Lipinski definition) is 2. The summed E-state index contributed by atoms with van der Waals surface area (Å²) in [5.41, 5.74) is 10.4. The van der Waals surface area contributed by atoms with Gasteiger partial charge in [0.25, 0.3) is 0 Å². The van der Waals surface area contributed by atoms with Crippen molar-refractivity contribution in [3.63, 3.8) is 0 Å². The number of carbonyl (C=O) groups excluding carboxylic acids is 1. The van der Waals surface area contributed by atoms with Crippen LogP contribution in [0.1, 0.15) is 34.1 Å². The van der Waals surface area contributed by atoms with Gasteiger partial charge in [0.15, 0.2) is 0 Å². The monoisotopic (exact) mass is 512 g/mol. The first-order valence-electron chi connectivity index (χ1n) is 10.3. The molecule has 0 spiro atoms. The summed E-state index contributed by atoms with van der Waals surface area (Å²) >= 11 is 9.32. The minimum Gasteiger partial charge on any atom is -0.497 e. The van der Waals surface area contributed by atoms with E-state index in [4.69, 9.17) is 22.1 Å². The van der Waals surface area contributed by atoms with E-state index in [1.54, 1.807) is 25.3 Å². The number of halogens is 2. The lowest BCUT2D eigenvalue weighted by Gasteiger charge is -2.09. The summed E-state index contributed by atoms with van der Waals surface area (Å²) in [6, 6.07) is 21.9. The first kappa shape index (κ1) is 23.9. The molecule has 1 amide bonds. The molecule has 0 aliphatic rings. The smallest absolute Gasteiger partial charge is 0.248 e. The van der Waals surface area contributed by atoms with E-state index in [2.05, 4.69) is 69.9 Å². The molecule has 4 rings (SSSR count). The average molecular weight is 514 g/mol. The highest BCUT2D eigenvalue weighted by atomic mass is 79.9. The maximum Gasteiger partial charge on any atom is 0.248 e. The van der Waals surface area contributed by atoms with Crippen molar-refractivity contribution >= 4 is 44.3 Å². The molecule has 4 aromatic rings. The van der Waals surface area contributed by atoms with Gasteiger partial charge in [-0.05, 0) is 79.1 Å². The number of nitrogens with two attached hydrogens (primary N) is 1. The predicted molar refractivity (Wildman–Crippen MR) is 136 cm³/mol. The molecule has 3 aromatic carbocycles. The average Bonchev–Trinajstić information content (AvgIpc) is 3.10. The lowest BCUT2D eigenvalue weighted by atomic mass is 10.1. The summed E-state index contributed by atoms with van der Waals surface area (Å²) in [6.07, 6.45) is 0.806. The molecule has 4 nitrogen and oxygen atoms in total. The Morgan fingerprint density at radius 3 is 2.41 bits per heavy atom. The fourth-order valence-electron chi connectivity index (χ4n) is 3.50. The number of nitrogens with zero attached hydrogens (tertiary/aromatic N) is 1. The maximum absolute atomic E-state index is 10.8. The van der Waals surface area contributed by atoms with Gasteiger partial charge in [0.05, 0.1) is 7.11 Å².